The van der Waals surface area contributed by atoms with Gasteiger partial charge in [0.05, 0.1) is 118 Å². The number of quaternary nitrogens is 4. The van der Waals surface area contributed by atoms with E-state index in [0.29, 0.717) is 0 Å². The van der Waals surface area contributed by atoms with E-state index in [0.717, 1.165) is 11.7 Å². The van der Waals surface area contributed by atoms with Crippen LogP contribution in [0.15, 0.2) is 24.4 Å². The lowest BCUT2D eigenvalue weighted by molar-refractivity contribution is -0.930. The van der Waals surface area contributed by atoms with Crippen molar-refractivity contribution in [2.24, 2.45) is 5.92 Å². The normalized spacial score (nSPS) is 24.3. The highest BCUT2D eigenvalue weighted by atomic mass is 15.4. The number of rotatable bonds is 8. The summed E-state index contributed by atoms with van der Waals surface area (Å²) in [5, 5.41) is 0. The van der Waals surface area contributed by atoms with Crippen LogP contribution < -0.4 is 4.90 Å². The van der Waals surface area contributed by atoms with E-state index in [2.05, 4.69) is 70.6 Å². The molecule has 6 rings (SSSR count). The first-order chi connectivity index (χ1) is 22.7. The summed E-state index contributed by atoms with van der Waals surface area (Å²) in [6.45, 7) is 37.1. The highest BCUT2D eigenvalue weighted by molar-refractivity contribution is 5.37. The van der Waals surface area contributed by atoms with Crippen LogP contribution in [0.2, 0.25) is 0 Å². The summed E-state index contributed by atoms with van der Waals surface area (Å²) in [4.78, 5) is 6.87. The van der Waals surface area contributed by atoms with Crippen molar-refractivity contribution in [3.05, 3.63) is 24.4 Å². The summed E-state index contributed by atoms with van der Waals surface area (Å²) in [5.74, 6) is 2.14. The van der Waals surface area contributed by atoms with Gasteiger partial charge in [0.2, 0.25) is 0 Å². The average molecular weight is 659 g/mol. The fraction of sp³-hybridized carbons (Fsp3) is 0.878. The number of nitrogens with zero attached hydrogens (tertiary/aromatic N) is 6. The number of hydrogen-bond acceptors (Lipinski definition) is 2. The first-order valence-corrected chi connectivity index (χ1v) is 20.7. The summed E-state index contributed by atoms with van der Waals surface area (Å²) in [6.07, 6.45) is 17.7. The van der Waals surface area contributed by atoms with Crippen LogP contribution in [0.25, 0.3) is 0 Å². The summed E-state index contributed by atoms with van der Waals surface area (Å²) in [6, 6.07) is 6.19. The molecule has 47 heavy (non-hydrogen) atoms. The van der Waals surface area contributed by atoms with Crippen molar-refractivity contribution in [1.29, 1.82) is 0 Å². The van der Waals surface area contributed by atoms with E-state index in [-0.39, 0.29) is 0 Å². The number of piperazine rings is 1. The van der Waals surface area contributed by atoms with Gasteiger partial charge in [-0.1, -0.05) is 26.3 Å². The molecule has 0 aliphatic carbocycles. The summed E-state index contributed by atoms with van der Waals surface area (Å²) < 4.78 is 5.50. The molecule has 0 N–H and O–H groups in total. The van der Waals surface area contributed by atoms with Gasteiger partial charge in [-0.05, 0) is 84.3 Å². The number of pyridine rings is 1. The van der Waals surface area contributed by atoms with E-state index >= 15 is 0 Å². The zero-order valence-corrected chi connectivity index (χ0v) is 32.9. The van der Waals surface area contributed by atoms with Crippen LogP contribution in [-0.4, -0.2) is 141 Å². The summed E-state index contributed by atoms with van der Waals surface area (Å²) in [5.41, 5.74) is 0. The highest BCUT2D eigenvalue weighted by Gasteiger charge is 2.36. The molecule has 0 unspecified atom stereocenters. The third-order valence-electron chi connectivity index (χ3n) is 13.5. The Labute approximate surface area is 293 Å². The quantitative estimate of drug-likeness (QED) is 0.265. The maximum absolute atomic E-state index is 4.44. The highest BCUT2D eigenvalue weighted by Crippen LogP contribution is 2.25. The molecular formula is C41H82N6+4. The van der Waals surface area contributed by atoms with Gasteiger partial charge in [0.25, 0.3) is 0 Å². The van der Waals surface area contributed by atoms with Crippen LogP contribution in [-0.2, 0) is 0 Å². The molecule has 0 bridgehead atoms. The van der Waals surface area contributed by atoms with Crippen LogP contribution in [0.3, 0.4) is 0 Å². The van der Waals surface area contributed by atoms with Crippen molar-refractivity contribution < 1.29 is 17.9 Å². The lowest BCUT2D eigenvalue weighted by Gasteiger charge is -2.42. The van der Waals surface area contributed by atoms with Crippen molar-refractivity contribution in [3.63, 3.8) is 0 Å². The number of aromatic nitrogens is 1. The van der Waals surface area contributed by atoms with Crippen molar-refractivity contribution in [2.45, 2.75) is 112 Å². The Hall–Kier alpha value is -1.21. The molecule has 6 heterocycles. The number of likely N-dealkylation sites (tertiary alicyclic amines) is 3. The maximum Gasteiger partial charge on any atom is 0.128 e. The molecule has 0 aromatic carbocycles. The second-order valence-corrected chi connectivity index (χ2v) is 16.6. The van der Waals surface area contributed by atoms with Crippen molar-refractivity contribution >= 4 is 5.82 Å². The van der Waals surface area contributed by atoms with Gasteiger partial charge in [0.15, 0.2) is 0 Å². The minimum Gasteiger partial charge on any atom is -0.345 e. The van der Waals surface area contributed by atoms with Crippen LogP contribution in [0, 0.1) is 5.92 Å². The predicted octanol–water partition coefficient (Wildman–Crippen LogP) is 7.84. The Morgan fingerprint density at radius 2 is 1.15 bits per heavy atom. The van der Waals surface area contributed by atoms with Crippen molar-refractivity contribution in [3.8, 4) is 0 Å². The summed E-state index contributed by atoms with van der Waals surface area (Å²) in [7, 11) is 2.43. The smallest absolute Gasteiger partial charge is 0.128 e. The first-order valence-electron chi connectivity index (χ1n) is 20.7. The van der Waals surface area contributed by atoms with Crippen LogP contribution in [0.4, 0.5) is 5.82 Å². The second-order valence-electron chi connectivity index (χ2n) is 16.6. The van der Waals surface area contributed by atoms with Crippen molar-refractivity contribution in [2.75, 3.05) is 123 Å². The van der Waals surface area contributed by atoms with E-state index < -0.39 is 0 Å². The van der Waals surface area contributed by atoms with Crippen molar-refractivity contribution in [1.82, 2.24) is 4.98 Å². The molecule has 5 saturated heterocycles. The molecule has 1 aromatic heterocycles. The van der Waals surface area contributed by atoms with Crippen LogP contribution >= 0.6 is 0 Å². The zero-order chi connectivity index (χ0) is 34.1. The molecule has 0 amide bonds. The molecule has 0 atom stereocenters. The number of anilines is 1. The maximum atomic E-state index is 4.44. The number of hydrogen-bond donors (Lipinski definition) is 0. The molecule has 1 spiro atoms. The molecule has 6 heteroatoms. The van der Waals surface area contributed by atoms with E-state index in [1.54, 1.807) is 0 Å². The molecule has 1 aromatic rings. The average Bonchev–Trinajstić information content (AvgIpc) is 3.80. The zero-order valence-electron chi connectivity index (χ0n) is 32.9. The van der Waals surface area contributed by atoms with Gasteiger partial charge in [-0.2, -0.15) is 0 Å². The predicted molar refractivity (Wildman–Crippen MR) is 205 cm³/mol. The topological polar surface area (TPSA) is 16.1 Å². The SMILES string of the molecule is CCCC[N+]1(C)CCCCC1.CC[N+]1(CC)CCC(C)CC1.CC[N+]1(CC)CCCC1.c1ccc(N2CC[N+]3(CCCC3)CC2)nc1. The standard InChI is InChI=1S/C13H20N3.2C10H22N.C8H18N/c1-2-6-14-13(5-1)15-7-11-16(12-8-15)9-3-4-10-16;1-4-11(5-2)8-6-10(3)7-9-11;1-3-4-8-11(2)9-6-5-7-10-11;1-3-9(4-2)7-5-6-8-9/h1-2,5-6H,3-4,7-12H2;10H,4-9H2,1-3H3;3-10H2,1-2H3;3-8H2,1-2H3/q4*+1. The molecule has 6 nitrogen and oxygen atoms in total. The summed E-state index contributed by atoms with van der Waals surface area (Å²) >= 11 is 0. The molecule has 5 aliphatic heterocycles. The first kappa shape index (κ1) is 40.2. The minimum atomic E-state index is 0.986. The molecule has 272 valence electrons. The Kier molecular flexibility index (Phi) is 17.5. The van der Waals surface area contributed by atoms with E-state index in [1.165, 1.54) is 200 Å². The van der Waals surface area contributed by atoms with Crippen LogP contribution in [0.1, 0.15) is 112 Å². The van der Waals surface area contributed by atoms with Gasteiger partial charge in [-0.15, -0.1) is 0 Å². The number of unbranched alkanes of at least 4 members (excludes halogenated alkanes) is 1. The Balaban J connectivity index is 0.000000175. The Morgan fingerprint density at radius 3 is 1.62 bits per heavy atom. The fourth-order valence-corrected chi connectivity index (χ4v) is 9.11. The Morgan fingerprint density at radius 1 is 0.638 bits per heavy atom. The largest absolute Gasteiger partial charge is 0.345 e. The lowest BCUT2D eigenvalue weighted by atomic mass is 9.97. The molecule has 0 radical (unpaired) electrons. The monoisotopic (exact) mass is 659 g/mol. The fourth-order valence-electron chi connectivity index (χ4n) is 9.11. The molecule has 5 fully saturated rings. The van der Waals surface area contributed by atoms with Gasteiger partial charge in [0.1, 0.15) is 5.82 Å². The van der Waals surface area contributed by atoms with Gasteiger partial charge < -0.3 is 22.8 Å². The molecule has 0 saturated carbocycles. The minimum absolute atomic E-state index is 0.986. The third-order valence-corrected chi connectivity index (χ3v) is 13.5. The van der Waals surface area contributed by atoms with E-state index in [1.807, 2.05) is 12.3 Å². The van der Waals surface area contributed by atoms with Gasteiger partial charge in [0, 0.05) is 31.9 Å². The lowest BCUT2D eigenvalue weighted by Crippen LogP contribution is -2.58. The molecule has 5 aliphatic rings. The third kappa shape index (κ3) is 12.9. The van der Waals surface area contributed by atoms with Gasteiger partial charge in [-0.25, -0.2) is 4.98 Å². The number of piperidine rings is 2. The van der Waals surface area contributed by atoms with E-state index in [4.69, 9.17) is 0 Å². The molecular weight excluding hydrogens is 576 g/mol. The van der Waals surface area contributed by atoms with Gasteiger partial charge in [-0.3, -0.25) is 0 Å². The Bertz CT molecular complexity index is 903. The second kappa shape index (κ2) is 20.5. The van der Waals surface area contributed by atoms with E-state index in [9.17, 15) is 0 Å². The van der Waals surface area contributed by atoms with Crippen LogP contribution in [0.5, 0.6) is 0 Å². The van der Waals surface area contributed by atoms with Gasteiger partial charge >= 0.3 is 0 Å².